The topological polar surface area (TPSA) is 87.7 Å². The SMILES string of the molecule is COC(=O)c1ccc(Nc2cc(N3CCN(C(C)=O)CC3)ncn2)cc1. The summed E-state index contributed by atoms with van der Waals surface area (Å²) in [5.41, 5.74) is 1.30. The Morgan fingerprint density at radius 2 is 1.77 bits per heavy atom. The Labute approximate surface area is 151 Å². The lowest BCUT2D eigenvalue weighted by Crippen LogP contribution is -2.48. The van der Waals surface area contributed by atoms with Crippen molar-refractivity contribution in [3.63, 3.8) is 0 Å². The maximum atomic E-state index is 11.5. The molecule has 8 nitrogen and oxygen atoms in total. The van der Waals surface area contributed by atoms with Gasteiger partial charge in [0.2, 0.25) is 5.91 Å². The van der Waals surface area contributed by atoms with Crippen LogP contribution in [0.1, 0.15) is 17.3 Å². The number of anilines is 3. The highest BCUT2D eigenvalue weighted by Crippen LogP contribution is 2.20. The zero-order chi connectivity index (χ0) is 18.5. The number of aromatic nitrogens is 2. The first kappa shape index (κ1) is 17.7. The molecule has 0 atom stereocenters. The number of piperazine rings is 1. The summed E-state index contributed by atoms with van der Waals surface area (Å²) in [5, 5.41) is 3.20. The Morgan fingerprint density at radius 3 is 2.38 bits per heavy atom. The Balaban J connectivity index is 1.66. The zero-order valence-corrected chi connectivity index (χ0v) is 14.8. The number of carbonyl (C=O) groups is 2. The van der Waals surface area contributed by atoms with Gasteiger partial charge in [-0.25, -0.2) is 14.8 Å². The lowest BCUT2D eigenvalue weighted by Gasteiger charge is -2.34. The second kappa shape index (κ2) is 7.81. The van der Waals surface area contributed by atoms with E-state index < -0.39 is 0 Å². The Morgan fingerprint density at radius 1 is 1.08 bits per heavy atom. The van der Waals surface area contributed by atoms with E-state index in [0.717, 1.165) is 24.6 Å². The van der Waals surface area contributed by atoms with Crippen LogP contribution in [0, 0.1) is 0 Å². The lowest BCUT2D eigenvalue weighted by molar-refractivity contribution is -0.129. The number of esters is 1. The molecule has 26 heavy (non-hydrogen) atoms. The highest BCUT2D eigenvalue weighted by Gasteiger charge is 2.19. The van der Waals surface area contributed by atoms with Gasteiger partial charge in [0.25, 0.3) is 0 Å². The predicted molar refractivity (Wildman–Crippen MR) is 97.6 cm³/mol. The number of nitrogens with one attached hydrogen (secondary N) is 1. The van der Waals surface area contributed by atoms with Crippen LogP contribution in [0.2, 0.25) is 0 Å². The third-order valence-corrected chi connectivity index (χ3v) is 4.28. The minimum absolute atomic E-state index is 0.102. The summed E-state index contributed by atoms with van der Waals surface area (Å²) in [7, 11) is 1.35. The van der Waals surface area contributed by atoms with Crippen molar-refractivity contribution in [3.8, 4) is 0 Å². The molecule has 0 bridgehead atoms. The molecule has 8 heteroatoms. The molecule has 1 amide bonds. The predicted octanol–water partition coefficient (Wildman–Crippen LogP) is 1.68. The van der Waals surface area contributed by atoms with E-state index in [9.17, 15) is 9.59 Å². The van der Waals surface area contributed by atoms with Gasteiger partial charge in [0.05, 0.1) is 12.7 Å². The van der Waals surface area contributed by atoms with Gasteiger partial charge in [-0.3, -0.25) is 4.79 Å². The summed E-state index contributed by atoms with van der Waals surface area (Å²) >= 11 is 0. The average molecular weight is 355 g/mol. The number of carbonyl (C=O) groups excluding carboxylic acids is 2. The fraction of sp³-hybridized carbons (Fsp3) is 0.333. The maximum Gasteiger partial charge on any atom is 0.337 e. The third kappa shape index (κ3) is 4.08. The van der Waals surface area contributed by atoms with E-state index in [-0.39, 0.29) is 11.9 Å². The van der Waals surface area contributed by atoms with Gasteiger partial charge in [0, 0.05) is 44.9 Å². The molecule has 1 saturated heterocycles. The molecule has 1 aromatic heterocycles. The van der Waals surface area contributed by atoms with E-state index in [2.05, 4.69) is 24.9 Å². The number of ether oxygens (including phenoxy) is 1. The normalized spacial score (nSPS) is 14.1. The van der Waals surface area contributed by atoms with Crippen LogP contribution in [0.4, 0.5) is 17.3 Å². The fourth-order valence-corrected chi connectivity index (χ4v) is 2.79. The summed E-state index contributed by atoms with van der Waals surface area (Å²) in [6.07, 6.45) is 1.51. The molecule has 1 aliphatic rings. The van der Waals surface area contributed by atoms with E-state index in [1.54, 1.807) is 31.2 Å². The van der Waals surface area contributed by atoms with Crippen LogP contribution in [-0.2, 0) is 9.53 Å². The Bertz CT molecular complexity index is 786. The highest BCUT2D eigenvalue weighted by molar-refractivity contribution is 5.89. The van der Waals surface area contributed by atoms with Gasteiger partial charge < -0.3 is 19.9 Å². The minimum atomic E-state index is -0.370. The molecular weight excluding hydrogens is 334 g/mol. The number of nitrogens with zero attached hydrogens (tertiary/aromatic N) is 4. The number of benzene rings is 1. The smallest absolute Gasteiger partial charge is 0.337 e. The fourth-order valence-electron chi connectivity index (χ4n) is 2.79. The standard InChI is InChI=1S/C18H21N5O3/c1-13(24)22-7-9-23(10-8-22)17-11-16(19-12-20-17)21-15-5-3-14(4-6-15)18(25)26-2/h3-6,11-12H,7-10H2,1-2H3,(H,19,20,21). The highest BCUT2D eigenvalue weighted by atomic mass is 16.5. The van der Waals surface area contributed by atoms with Crippen LogP contribution in [-0.4, -0.2) is 60.0 Å². The second-order valence-electron chi connectivity index (χ2n) is 5.95. The molecule has 0 unspecified atom stereocenters. The van der Waals surface area contributed by atoms with Crippen LogP contribution in [0.15, 0.2) is 36.7 Å². The zero-order valence-electron chi connectivity index (χ0n) is 14.8. The number of methoxy groups -OCH3 is 1. The molecule has 1 aliphatic heterocycles. The first-order valence-electron chi connectivity index (χ1n) is 8.35. The summed E-state index contributed by atoms with van der Waals surface area (Å²) in [4.78, 5) is 35.4. The van der Waals surface area contributed by atoms with E-state index in [1.165, 1.54) is 13.4 Å². The molecule has 3 rings (SSSR count). The molecule has 0 aliphatic carbocycles. The van der Waals surface area contributed by atoms with Crippen LogP contribution in [0.3, 0.4) is 0 Å². The van der Waals surface area contributed by atoms with Gasteiger partial charge >= 0.3 is 5.97 Å². The van der Waals surface area contributed by atoms with Gasteiger partial charge in [-0.1, -0.05) is 0 Å². The van der Waals surface area contributed by atoms with Crippen molar-refractivity contribution in [2.24, 2.45) is 0 Å². The maximum absolute atomic E-state index is 11.5. The van der Waals surface area contributed by atoms with E-state index >= 15 is 0 Å². The third-order valence-electron chi connectivity index (χ3n) is 4.28. The van der Waals surface area contributed by atoms with Crippen molar-refractivity contribution < 1.29 is 14.3 Å². The van der Waals surface area contributed by atoms with Gasteiger partial charge in [-0.05, 0) is 24.3 Å². The largest absolute Gasteiger partial charge is 0.465 e. The van der Waals surface area contributed by atoms with E-state index in [4.69, 9.17) is 0 Å². The molecule has 1 aromatic carbocycles. The van der Waals surface area contributed by atoms with Crippen LogP contribution in [0.25, 0.3) is 0 Å². The van der Waals surface area contributed by atoms with Crippen molar-refractivity contribution in [1.82, 2.24) is 14.9 Å². The first-order valence-corrected chi connectivity index (χ1v) is 8.35. The minimum Gasteiger partial charge on any atom is -0.465 e. The number of amides is 1. The number of rotatable bonds is 4. The summed E-state index contributed by atoms with van der Waals surface area (Å²) in [6, 6.07) is 8.84. The van der Waals surface area contributed by atoms with E-state index in [0.29, 0.717) is 24.5 Å². The van der Waals surface area contributed by atoms with Crippen molar-refractivity contribution in [2.75, 3.05) is 43.5 Å². The van der Waals surface area contributed by atoms with Gasteiger partial charge in [-0.2, -0.15) is 0 Å². The molecule has 2 aromatic rings. The molecule has 0 saturated carbocycles. The van der Waals surface area contributed by atoms with Crippen molar-refractivity contribution in [1.29, 1.82) is 0 Å². The summed E-state index contributed by atoms with van der Waals surface area (Å²) in [6.45, 7) is 4.45. The van der Waals surface area contributed by atoms with Crippen LogP contribution in [0.5, 0.6) is 0 Å². The number of hydrogen-bond donors (Lipinski definition) is 1. The number of hydrogen-bond acceptors (Lipinski definition) is 7. The Hall–Kier alpha value is -3.16. The molecule has 0 spiro atoms. The molecule has 0 radical (unpaired) electrons. The van der Waals surface area contributed by atoms with Crippen LogP contribution < -0.4 is 10.2 Å². The quantitative estimate of drug-likeness (QED) is 0.835. The lowest BCUT2D eigenvalue weighted by atomic mass is 10.2. The van der Waals surface area contributed by atoms with Crippen molar-refractivity contribution >= 4 is 29.2 Å². The summed E-state index contributed by atoms with van der Waals surface area (Å²) in [5.74, 6) is 1.21. The van der Waals surface area contributed by atoms with Crippen LogP contribution >= 0.6 is 0 Å². The Kier molecular flexibility index (Phi) is 5.31. The van der Waals surface area contributed by atoms with Crippen molar-refractivity contribution in [2.45, 2.75) is 6.92 Å². The average Bonchev–Trinajstić information content (AvgIpc) is 2.68. The van der Waals surface area contributed by atoms with Gasteiger partial charge in [-0.15, -0.1) is 0 Å². The molecular formula is C18H21N5O3. The molecule has 136 valence electrons. The van der Waals surface area contributed by atoms with Gasteiger partial charge in [0.15, 0.2) is 0 Å². The van der Waals surface area contributed by atoms with E-state index in [1.807, 2.05) is 11.0 Å². The van der Waals surface area contributed by atoms with Crippen molar-refractivity contribution in [3.05, 3.63) is 42.2 Å². The monoisotopic (exact) mass is 355 g/mol. The summed E-state index contributed by atoms with van der Waals surface area (Å²) < 4.78 is 4.69. The second-order valence-corrected chi connectivity index (χ2v) is 5.95. The van der Waals surface area contributed by atoms with Gasteiger partial charge in [0.1, 0.15) is 18.0 Å². The molecule has 2 heterocycles. The molecule has 1 fully saturated rings. The molecule has 1 N–H and O–H groups in total. The first-order chi connectivity index (χ1) is 12.6.